The monoisotopic (exact) mass is 311 g/mol. The molecular weight excluding hydrogens is 286 g/mol. The number of rotatable bonds is 6. The molecule has 0 amide bonds. The van der Waals surface area contributed by atoms with Gasteiger partial charge in [-0.15, -0.1) is 0 Å². The molecule has 0 fully saturated rings. The van der Waals surface area contributed by atoms with Gasteiger partial charge in [-0.2, -0.15) is 0 Å². The minimum Gasteiger partial charge on any atom is -0.463 e. The highest BCUT2D eigenvalue weighted by molar-refractivity contribution is 5.89. The summed E-state index contributed by atoms with van der Waals surface area (Å²) in [6.07, 6.45) is 23.0. The van der Waals surface area contributed by atoms with Gasteiger partial charge < -0.3 is 10.5 Å². The van der Waals surface area contributed by atoms with E-state index in [-0.39, 0.29) is 12.5 Å². The van der Waals surface area contributed by atoms with Crippen LogP contribution in [0.4, 0.5) is 0 Å². The van der Waals surface area contributed by atoms with Gasteiger partial charge in [-0.1, -0.05) is 66.3 Å². The highest BCUT2D eigenvalue weighted by Crippen LogP contribution is 2.31. The molecule has 2 rings (SSSR count). The second-order valence-corrected chi connectivity index (χ2v) is 5.59. The predicted molar refractivity (Wildman–Crippen MR) is 94.6 cm³/mol. The van der Waals surface area contributed by atoms with Gasteiger partial charge in [0, 0.05) is 18.4 Å². The van der Waals surface area contributed by atoms with Crippen LogP contribution in [-0.2, 0) is 9.53 Å². The topological polar surface area (TPSA) is 52.3 Å². The van der Waals surface area contributed by atoms with E-state index in [0.29, 0.717) is 24.0 Å². The number of nitrogens with two attached hydrogens (primary N) is 1. The zero-order valence-corrected chi connectivity index (χ0v) is 13.7. The lowest BCUT2D eigenvalue weighted by atomic mass is 9.80. The molecule has 2 aliphatic carbocycles. The second-order valence-electron chi connectivity index (χ2n) is 5.59. The quantitative estimate of drug-likeness (QED) is 0.463. The van der Waals surface area contributed by atoms with Crippen molar-refractivity contribution in [2.75, 3.05) is 13.2 Å². The van der Waals surface area contributed by atoms with E-state index in [4.69, 9.17) is 10.5 Å². The van der Waals surface area contributed by atoms with Crippen LogP contribution in [0.25, 0.3) is 0 Å². The van der Waals surface area contributed by atoms with Crippen molar-refractivity contribution in [3.63, 3.8) is 0 Å². The lowest BCUT2D eigenvalue weighted by Gasteiger charge is -2.24. The van der Waals surface area contributed by atoms with E-state index in [1.54, 1.807) is 6.92 Å². The van der Waals surface area contributed by atoms with Gasteiger partial charge >= 0.3 is 5.97 Å². The van der Waals surface area contributed by atoms with Gasteiger partial charge in [0.2, 0.25) is 0 Å². The third kappa shape index (κ3) is 4.93. The van der Waals surface area contributed by atoms with Crippen molar-refractivity contribution >= 4 is 5.97 Å². The molecule has 2 atom stereocenters. The van der Waals surface area contributed by atoms with E-state index in [0.717, 1.165) is 12.8 Å². The molecule has 0 radical (unpaired) electrons. The average Bonchev–Trinajstić information content (AvgIpc) is 2.60. The molecule has 0 saturated heterocycles. The SMILES string of the molecule is CCOC(=O)C(=CC=C(C1C=CC=CC1)C1C=CC=CC1)CN. The number of carbonyl (C=O) groups is 1. The molecule has 2 aliphatic rings. The van der Waals surface area contributed by atoms with Crippen LogP contribution in [0, 0.1) is 11.8 Å². The molecule has 2 N–H and O–H groups in total. The zero-order valence-electron chi connectivity index (χ0n) is 13.7. The van der Waals surface area contributed by atoms with E-state index in [1.165, 1.54) is 5.57 Å². The van der Waals surface area contributed by atoms with Gasteiger partial charge in [-0.25, -0.2) is 4.79 Å². The van der Waals surface area contributed by atoms with Crippen LogP contribution in [0.2, 0.25) is 0 Å². The van der Waals surface area contributed by atoms with Gasteiger partial charge in [0.1, 0.15) is 0 Å². The van der Waals surface area contributed by atoms with Crippen LogP contribution < -0.4 is 5.73 Å². The Balaban J connectivity index is 2.26. The van der Waals surface area contributed by atoms with Crippen LogP contribution in [0.3, 0.4) is 0 Å². The number of hydrogen-bond acceptors (Lipinski definition) is 3. The molecule has 0 aliphatic heterocycles. The van der Waals surface area contributed by atoms with Crippen LogP contribution >= 0.6 is 0 Å². The Labute approximate surface area is 138 Å². The molecule has 0 aromatic rings. The van der Waals surface area contributed by atoms with Crippen molar-refractivity contribution in [3.8, 4) is 0 Å². The minimum atomic E-state index is -0.330. The van der Waals surface area contributed by atoms with E-state index in [1.807, 2.05) is 6.08 Å². The number of hydrogen-bond donors (Lipinski definition) is 1. The minimum absolute atomic E-state index is 0.184. The van der Waals surface area contributed by atoms with Crippen molar-refractivity contribution in [2.24, 2.45) is 17.6 Å². The van der Waals surface area contributed by atoms with Gasteiger partial charge in [-0.05, 0) is 19.8 Å². The summed E-state index contributed by atoms with van der Waals surface area (Å²) in [5.74, 6) is 0.390. The molecule has 122 valence electrons. The molecular formula is C20H25NO2. The lowest BCUT2D eigenvalue weighted by molar-refractivity contribution is -0.138. The fourth-order valence-electron chi connectivity index (χ4n) is 2.82. The van der Waals surface area contributed by atoms with Crippen molar-refractivity contribution in [2.45, 2.75) is 19.8 Å². The largest absolute Gasteiger partial charge is 0.463 e. The molecule has 3 heteroatoms. The van der Waals surface area contributed by atoms with Crippen molar-refractivity contribution in [1.82, 2.24) is 0 Å². The normalized spacial score (nSPS) is 23.0. The van der Waals surface area contributed by atoms with Gasteiger partial charge in [0.15, 0.2) is 0 Å². The highest BCUT2D eigenvalue weighted by Gasteiger charge is 2.19. The van der Waals surface area contributed by atoms with Gasteiger partial charge in [-0.3, -0.25) is 0 Å². The fraction of sp³-hybridized carbons (Fsp3) is 0.350. The Morgan fingerprint density at radius 1 is 1.09 bits per heavy atom. The van der Waals surface area contributed by atoms with Crippen LogP contribution in [0.5, 0.6) is 0 Å². The summed E-state index contributed by atoms with van der Waals surface area (Å²) in [6, 6.07) is 0. The maximum absolute atomic E-state index is 11.9. The standard InChI is InChI=1S/C20H25NO2/c1-2-23-20(22)18(15-21)13-14-19(16-9-5-3-6-10-16)17-11-7-4-8-12-17/h3-9,11,13-14,16-17H,2,10,12,15,21H2,1H3. The summed E-state index contributed by atoms with van der Waals surface area (Å²) < 4.78 is 5.05. The van der Waals surface area contributed by atoms with Crippen LogP contribution in [0.15, 0.2) is 71.9 Å². The molecule has 0 spiro atoms. The van der Waals surface area contributed by atoms with Crippen molar-refractivity contribution in [3.05, 3.63) is 71.9 Å². The first-order valence-corrected chi connectivity index (χ1v) is 8.20. The van der Waals surface area contributed by atoms with Crippen LogP contribution in [-0.4, -0.2) is 19.1 Å². The second kappa shape index (κ2) is 9.11. The third-order valence-electron chi connectivity index (χ3n) is 4.05. The zero-order chi connectivity index (χ0) is 16.5. The predicted octanol–water partition coefficient (Wildman–Crippen LogP) is 3.63. The molecule has 0 aromatic carbocycles. The first-order chi connectivity index (χ1) is 11.3. The van der Waals surface area contributed by atoms with E-state index < -0.39 is 0 Å². The molecule has 0 saturated carbocycles. The molecule has 2 unspecified atom stereocenters. The lowest BCUT2D eigenvalue weighted by Crippen LogP contribution is -2.16. The van der Waals surface area contributed by atoms with E-state index in [2.05, 4.69) is 54.7 Å². The molecule has 23 heavy (non-hydrogen) atoms. The Hall–Kier alpha value is -2.13. The summed E-state index contributed by atoms with van der Waals surface area (Å²) in [5, 5.41) is 0. The Morgan fingerprint density at radius 2 is 1.70 bits per heavy atom. The number of allylic oxidation sites excluding steroid dienone is 11. The summed E-state index contributed by atoms with van der Waals surface area (Å²) >= 11 is 0. The fourth-order valence-corrected chi connectivity index (χ4v) is 2.82. The Kier molecular flexibility index (Phi) is 6.82. The van der Waals surface area contributed by atoms with Crippen molar-refractivity contribution < 1.29 is 9.53 Å². The van der Waals surface area contributed by atoms with E-state index >= 15 is 0 Å². The summed E-state index contributed by atoms with van der Waals surface area (Å²) in [6.45, 7) is 2.34. The third-order valence-corrected chi connectivity index (χ3v) is 4.05. The number of esters is 1. The molecule has 0 bridgehead atoms. The highest BCUT2D eigenvalue weighted by atomic mass is 16.5. The maximum atomic E-state index is 11.9. The Morgan fingerprint density at radius 3 is 2.13 bits per heavy atom. The first kappa shape index (κ1) is 17.2. The number of ether oxygens (including phenoxy) is 1. The average molecular weight is 311 g/mol. The molecule has 3 nitrogen and oxygen atoms in total. The number of carbonyl (C=O) groups excluding carboxylic acids is 1. The summed E-state index contributed by atoms with van der Waals surface area (Å²) in [7, 11) is 0. The Bertz CT molecular complexity index is 559. The molecule has 0 aromatic heterocycles. The summed E-state index contributed by atoms with van der Waals surface area (Å²) in [5.41, 5.74) is 7.51. The molecule has 0 heterocycles. The smallest absolute Gasteiger partial charge is 0.335 e. The first-order valence-electron chi connectivity index (χ1n) is 8.20. The van der Waals surface area contributed by atoms with E-state index in [9.17, 15) is 4.79 Å². The van der Waals surface area contributed by atoms with Crippen molar-refractivity contribution in [1.29, 1.82) is 0 Å². The van der Waals surface area contributed by atoms with Crippen LogP contribution in [0.1, 0.15) is 19.8 Å². The van der Waals surface area contributed by atoms with Gasteiger partial charge in [0.25, 0.3) is 0 Å². The van der Waals surface area contributed by atoms with Gasteiger partial charge in [0.05, 0.1) is 12.2 Å². The maximum Gasteiger partial charge on any atom is 0.335 e. The summed E-state index contributed by atoms with van der Waals surface area (Å²) in [4.78, 5) is 11.9.